The Hall–Kier alpha value is -0.770. The highest BCUT2D eigenvalue weighted by molar-refractivity contribution is 6.32. The molecule has 0 aliphatic heterocycles. The lowest BCUT2D eigenvalue weighted by atomic mass is 10.0. The Morgan fingerprint density at radius 2 is 2.06 bits per heavy atom. The predicted octanol–water partition coefficient (Wildman–Crippen LogP) is 2.56. The molecule has 0 spiro atoms. The molecule has 0 aliphatic rings. The van der Waals surface area contributed by atoms with Crippen molar-refractivity contribution in [3.63, 3.8) is 0 Å². The molecule has 0 amide bonds. The maximum absolute atomic E-state index is 6.10. The molecule has 16 heavy (non-hydrogen) atoms. The highest BCUT2D eigenvalue weighted by atomic mass is 35.5. The molecule has 1 unspecified atom stereocenters. The lowest BCUT2D eigenvalue weighted by molar-refractivity contribution is 0.104. The van der Waals surface area contributed by atoms with Gasteiger partial charge in [-0.3, -0.25) is 0 Å². The molecular weight excluding hydrogens is 226 g/mol. The van der Waals surface area contributed by atoms with E-state index in [9.17, 15) is 0 Å². The van der Waals surface area contributed by atoms with E-state index in [0.717, 1.165) is 17.7 Å². The zero-order valence-electron chi connectivity index (χ0n) is 10.1. The lowest BCUT2D eigenvalue weighted by Crippen LogP contribution is -2.19. The number of halogens is 1. The number of hydrogen-bond donors (Lipinski definition) is 1. The predicted molar refractivity (Wildman–Crippen MR) is 66.4 cm³/mol. The van der Waals surface area contributed by atoms with Crippen LogP contribution in [0.15, 0.2) is 12.1 Å². The summed E-state index contributed by atoms with van der Waals surface area (Å²) in [6.45, 7) is 2.77. The third kappa shape index (κ3) is 2.88. The topological polar surface area (TPSA) is 30.5 Å². The Balaban J connectivity index is 3.08. The van der Waals surface area contributed by atoms with Gasteiger partial charge in [0.05, 0.1) is 18.2 Å². The Labute approximate surface area is 102 Å². The van der Waals surface area contributed by atoms with Gasteiger partial charge in [0, 0.05) is 13.7 Å². The summed E-state index contributed by atoms with van der Waals surface area (Å²) in [7, 11) is 5.20. The van der Waals surface area contributed by atoms with Gasteiger partial charge in [0.1, 0.15) is 5.75 Å². The van der Waals surface area contributed by atoms with Crippen LogP contribution in [0.5, 0.6) is 5.75 Å². The van der Waals surface area contributed by atoms with E-state index in [-0.39, 0.29) is 6.10 Å². The summed E-state index contributed by atoms with van der Waals surface area (Å²) in [6, 6.07) is 3.83. The summed E-state index contributed by atoms with van der Waals surface area (Å²) in [5, 5.41) is 3.71. The maximum atomic E-state index is 6.10. The number of aryl methyl sites for hydroxylation is 1. The van der Waals surface area contributed by atoms with Gasteiger partial charge in [0.25, 0.3) is 0 Å². The van der Waals surface area contributed by atoms with E-state index in [0.29, 0.717) is 10.8 Å². The van der Waals surface area contributed by atoms with Gasteiger partial charge in [-0.15, -0.1) is 0 Å². The van der Waals surface area contributed by atoms with Gasteiger partial charge < -0.3 is 14.8 Å². The zero-order chi connectivity index (χ0) is 12.1. The van der Waals surface area contributed by atoms with Crippen LogP contribution >= 0.6 is 11.6 Å². The fraction of sp³-hybridized carbons (Fsp3) is 0.500. The smallest absolute Gasteiger partial charge is 0.137 e. The van der Waals surface area contributed by atoms with Crippen molar-refractivity contribution < 1.29 is 9.47 Å². The van der Waals surface area contributed by atoms with Gasteiger partial charge in [-0.05, 0) is 37.2 Å². The van der Waals surface area contributed by atoms with E-state index in [4.69, 9.17) is 21.1 Å². The Bertz CT molecular complexity index is 355. The van der Waals surface area contributed by atoms with Crippen molar-refractivity contribution in [1.29, 1.82) is 0 Å². The van der Waals surface area contributed by atoms with E-state index in [1.54, 1.807) is 14.2 Å². The minimum atomic E-state index is 0.00778. The molecule has 0 aromatic heterocycles. The van der Waals surface area contributed by atoms with Crippen molar-refractivity contribution in [3.05, 3.63) is 28.3 Å². The van der Waals surface area contributed by atoms with Crippen LogP contribution in [0, 0.1) is 6.92 Å². The van der Waals surface area contributed by atoms with Crippen molar-refractivity contribution in [2.45, 2.75) is 13.0 Å². The van der Waals surface area contributed by atoms with Crippen molar-refractivity contribution in [1.82, 2.24) is 5.32 Å². The summed E-state index contributed by atoms with van der Waals surface area (Å²) < 4.78 is 10.6. The van der Waals surface area contributed by atoms with Gasteiger partial charge in [0.2, 0.25) is 0 Å². The van der Waals surface area contributed by atoms with Crippen LogP contribution in [-0.2, 0) is 4.74 Å². The molecule has 0 fully saturated rings. The molecule has 90 valence electrons. The van der Waals surface area contributed by atoms with Crippen LogP contribution in [0.4, 0.5) is 0 Å². The largest absolute Gasteiger partial charge is 0.495 e. The van der Waals surface area contributed by atoms with Crippen molar-refractivity contribution in [3.8, 4) is 5.75 Å². The Morgan fingerprint density at radius 3 is 2.56 bits per heavy atom. The van der Waals surface area contributed by atoms with Gasteiger partial charge in [-0.1, -0.05) is 11.6 Å². The first-order valence-electron chi connectivity index (χ1n) is 5.15. The second-order valence-corrected chi connectivity index (χ2v) is 4.03. The van der Waals surface area contributed by atoms with Gasteiger partial charge in [-0.25, -0.2) is 0 Å². The normalized spacial score (nSPS) is 12.6. The molecule has 1 N–H and O–H groups in total. The highest BCUT2D eigenvalue weighted by Crippen LogP contribution is 2.31. The second-order valence-electron chi connectivity index (χ2n) is 3.63. The molecule has 0 saturated heterocycles. The molecule has 3 nitrogen and oxygen atoms in total. The molecule has 4 heteroatoms. The molecule has 1 rings (SSSR count). The van der Waals surface area contributed by atoms with E-state index in [2.05, 4.69) is 5.32 Å². The van der Waals surface area contributed by atoms with Crippen molar-refractivity contribution >= 4 is 11.6 Å². The van der Waals surface area contributed by atoms with E-state index < -0.39 is 0 Å². The lowest BCUT2D eigenvalue weighted by Gasteiger charge is -2.19. The van der Waals surface area contributed by atoms with E-state index >= 15 is 0 Å². The van der Waals surface area contributed by atoms with Gasteiger partial charge in [0.15, 0.2) is 0 Å². The monoisotopic (exact) mass is 243 g/mol. The number of methoxy groups -OCH3 is 2. The maximum Gasteiger partial charge on any atom is 0.137 e. The van der Waals surface area contributed by atoms with Crippen molar-refractivity contribution in [2.24, 2.45) is 0 Å². The number of ether oxygens (including phenoxy) is 2. The third-order valence-corrected chi connectivity index (χ3v) is 2.86. The first-order chi connectivity index (χ1) is 7.63. The average Bonchev–Trinajstić information content (AvgIpc) is 2.28. The first kappa shape index (κ1) is 13.3. The molecule has 1 aromatic rings. The van der Waals surface area contributed by atoms with Crippen LogP contribution in [0.25, 0.3) is 0 Å². The first-order valence-corrected chi connectivity index (χ1v) is 5.53. The zero-order valence-corrected chi connectivity index (χ0v) is 10.9. The minimum absolute atomic E-state index is 0.00778. The standard InChI is InChI=1S/C12H18ClNO2/c1-8-5-11(15-3)10(13)6-9(8)12(16-4)7-14-2/h5-6,12,14H,7H2,1-4H3. The summed E-state index contributed by atoms with van der Waals surface area (Å²) in [4.78, 5) is 0. The van der Waals surface area contributed by atoms with Gasteiger partial charge in [-0.2, -0.15) is 0 Å². The van der Waals surface area contributed by atoms with E-state index in [1.165, 1.54) is 0 Å². The average molecular weight is 244 g/mol. The summed E-state index contributed by atoms with van der Waals surface area (Å²) >= 11 is 6.10. The van der Waals surface area contributed by atoms with E-state index in [1.807, 2.05) is 26.1 Å². The second kappa shape index (κ2) is 6.09. The van der Waals surface area contributed by atoms with Crippen LogP contribution in [0.2, 0.25) is 5.02 Å². The van der Waals surface area contributed by atoms with Crippen LogP contribution in [0.3, 0.4) is 0 Å². The minimum Gasteiger partial charge on any atom is -0.495 e. The molecule has 0 saturated carbocycles. The fourth-order valence-electron chi connectivity index (χ4n) is 1.68. The summed E-state index contributed by atoms with van der Waals surface area (Å²) in [5.74, 6) is 0.697. The fourth-order valence-corrected chi connectivity index (χ4v) is 1.93. The van der Waals surface area contributed by atoms with Crippen LogP contribution in [-0.4, -0.2) is 27.8 Å². The molecular formula is C12H18ClNO2. The SMILES string of the molecule is CNCC(OC)c1cc(Cl)c(OC)cc1C. The van der Waals surface area contributed by atoms with Gasteiger partial charge >= 0.3 is 0 Å². The molecule has 0 bridgehead atoms. The molecule has 1 atom stereocenters. The third-order valence-electron chi connectivity index (χ3n) is 2.56. The number of rotatable bonds is 5. The van der Waals surface area contributed by atoms with Crippen LogP contribution < -0.4 is 10.1 Å². The number of likely N-dealkylation sites (N-methyl/N-ethyl adjacent to an activating group) is 1. The molecule has 0 heterocycles. The Kier molecular flexibility index (Phi) is 5.06. The van der Waals surface area contributed by atoms with Crippen LogP contribution in [0.1, 0.15) is 17.2 Å². The number of benzene rings is 1. The highest BCUT2D eigenvalue weighted by Gasteiger charge is 2.15. The summed E-state index contributed by atoms with van der Waals surface area (Å²) in [6.07, 6.45) is 0.00778. The molecule has 0 aliphatic carbocycles. The van der Waals surface area contributed by atoms with Crippen molar-refractivity contribution in [2.75, 3.05) is 27.8 Å². The number of nitrogens with one attached hydrogen (secondary N) is 1. The number of hydrogen-bond acceptors (Lipinski definition) is 3. The Morgan fingerprint density at radius 1 is 1.38 bits per heavy atom. The molecule has 0 radical (unpaired) electrons. The quantitative estimate of drug-likeness (QED) is 0.862. The summed E-state index contributed by atoms with van der Waals surface area (Å²) in [5.41, 5.74) is 2.20. The molecule has 1 aromatic carbocycles.